The number of pyridine rings is 1. The molecule has 0 N–H and O–H groups in total. The molecule has 122 valence electrons. The maximum Gasteiger partial charge on any atom is 0.109 e. The molecule has 1 fully saturated rings. The topological polar surface area (TPSA) is 44.1 Å². The first-order valence-corrected chi connectivity index (χ1v) is 8.37. The van der Waals surface area contributed by atoms with Gasteiger partial charge in [0.15, 0.2) is 0 Å². The van der Waals surface area contributed by atoms with Gasteiger partial charge in [-0.25, -0.2) is 4.99 Å². The molecule has 24 heavy (non-hydrogen) atoms. The number of piperazine rings is 1. The molecule has 2 aromatic rings. The molecule has 2 aliphatic heterocycles. The normalized spacial score (nSPS) is 24.2. The zero-order valence-corrected chi connectivity index (χ0v) is 13.6. The van der Waals surface area contributed by atoms with E-state index >= 15 is 0 Å². The van der Waals surface area contributed by atoms with E-state index in [2.05, 4.69) is 73.4 Å². The van der Waals surface area contributed by atoms with E-state index in [0.29, 0.717) is 0 Å². The number of aliphatic imine (C=N–C) groups is 2. The Hall–Kier alpha value is -2.53. The second-order valence-electron chi connectivity index (χ2n) is 6.20. The van der Waals surface area contributed by atoms with E-state index in [1.165, 1.54) is 11.3 Å². The zero-order valence-electron chi connectivity index (χ0n) is 13.6. The van der Waals surface area contributed by atoms with Crippen LogP contribution >= 0.6 is 0 Å². The highest BCUT2D eigenvalue weighted by Crippen LogP contribution is 2.30. The summed E-state index contributed by atoms with van der Waals surface area (Å²) in [6, 6.07) is 14.8. The van der Waals surface area contributed by atoms with E-state index in [4.69, 9.17) is 0 Å². The highest BCUT2D eigenvalue weighted by molar-refractivity contribution is 5.83. The third kappa shape index (κ3) is 2.71. The summed E-state index contributed by atoms with van der Waals surface area (Å²) >= 11 is 0. The molecule has 4 rings (SSSR count). The lowest BCUT2D eigenvalue weighted by molar-refractivity contribution is 0.147. The van der Waals surface area contributed by atoms with E-state index in [1.807, 2.05) is 12.4 Å². The maximum atomic E-state index is 4.47. The first kappa shape index (κ1) is 15.0. The Morgan fingerprint density at radius 1 is 0.875 bits per heavy atom. The maximum absolute atomic E-state index is 4.47. The summed E-state index contributed by atoms with van der Waals surface area (Å²) in [4.78, 5) is 17.9. The van der Waals surface area contributed by atoms with Crippen molar-refractivity contribution >= 4 is 18.2 Å². The molecule has 1 saturated heterocycles. The third-order valence-electron chi connectivity index (χ3n) is 4.91. The molecule has 1 unspecified atom stereocenters. The van der Waals surface area contributed by atoms with Gasteiger partial charge in [0.25, 0.3) is 0 Å². The standard InChI is InChI=1S/C19H21N5/c1-2-4-17(5-3-1)19(14-21-16-22-15-19)24-12-10-23(11-13-24)18-6-8-20-9-7-18/h1-9,14,16H,10-13,15H2. The van der Waals surface area contributed by atoms with E-state index in [1.54, 1.807) is 6.34 Å². The smallest absolute Gasteiger partial charge is 0.109 e. The van der Waals surface area contributed by atoms with Crippen LogP contribution in [-0.2, 0) is 5.54 Å². The molecule has 1 aromatic carbocycles. The summed E-state index contributed by atoms with van der Waals surface area (Å²) in [6.45, 7) is 4.69. The minimum absolute atomic E-state index is 0.222. The lowest BCUT2D eigenvalue weighted by Gasteiger charge is -2.46. The van der Waals surface area contributed by atoms with Gasteiger partial charge in [-0.3, -0.25) is 14.9 Å². The quantitative estimate of drug-likeness (QED) is 0.871. The average molecular weight is 319 g/mol. The van der Waals surface area contributed by atoms with Gasteiger partial charge in [0.1, 0.15) is 11.9 Å². The van der Waals surface area contributed by atoms with Gasteiger partial charge in [-0.1, -0.05) is 30.3 Å². The van der Waals surface area contributed by atoms with Gasteiger partial charge in [0.05, 0.1) is 6.54 Å². The molecule has 0 spiro atoms. The Kier molecular flexibility index (Phi) is 4.09. The van der Waals surface area contributed by atoms with Crippen molar-refractivity contribution in [1.82, 2.24) is 9.88 Å². The lowest BCUT2D eigenvalue weighted by atomic mass is 9.87. The van der Waals surface area contributed by atoms with Crippen LogP contribution in [0.2, 0.25) is 0 Å². The molecule has 5 nitrogen and oxygen atoms in total. The highest BCUT2D eigenvalue weighted by atomic mass is 15.3. The van der Waals surface area contributed by atoms with Crippen LogP contribution in [0.1, 0.15) is 5.56 Å². The summed E-state index contributed by atoms with van der Waals surface area (Å²) < 4.78 is 0. The summed E-state index contributed by atoms with van der Waals surface area (Å²) in [5, 5.41) is 0. The second kappa shape index (κ2) is 6.53. The van der Waals surface area contributed by atoms with Crippen LogP contribution in [-0.4, -0.2) is 55.2 Å². The van der Waals surface area contributed by atoms with E-state index in [9.17, 15) is 0 Å². The number of hydrogen-bond acceptors (Lipinski definition) is 5. The fourth-order valence-electron chi connectivity index (χ4n) is 3.60. The van der Waals surface area contributed by atoms with Crippen molar-refractivity contribution in [3.63, 3.8) is 0 Å². The summed E-state index contributed by atoms with van der Waals surface area (Å²) in [6.07, 6.45) is 7.44. The number of anilines is 1. The monoisotopic (exact) mass is 319 g/mol. The summed E-state index contributed by atoms with van der Waals surface area (Å²) in [5.41, 5.74) is 2.29. The Bertz CT molecular complexity index is 720. The van der Waals surface area contributed by atoms with E-state index in [0.717, 1.165) is 32.7 Å². The van der Waals surface area contributed by atoms with Gasteiger partial charge >= 0.3 is 0 Å². The number of rotatable bonds is 3. The number of hydrogen-bond donors (Lipinski definition) is 0. The predicted octanol–water partition coefficient (Wildman–Crippen LogP) is 2.21. The number of aromatic nitrogens is 1. The zero-order chi connectivity index (χ0) is 16.2. The molecule has 0 aliphatic carbocycles. The molecule has 0 radical (unpaired) electrons. The van der Waals surface area contributed by atoms with Crippen molar-refractivity contribution < 1.29 is 0 Å². The highest BCUT2D eigenvalue weighted by Gasteiger charge is 2.39. The molecule has 5 heteroatoms. The Labute approximate surface area is 142 Å². The van der Waals surface area contributed by atoms with Crippen LogP contribution in [0.3, 0.4) is 0 Å². The summed E-state index contributed by atoms with van der Waals surface area (Å²) in [7, 11) is 0. The molecule has 1 atom stereocenters. The van der Waals surface area contributed by atoms with Crippen molar-refractivity contribution in [3.05, 3.63) is 60.4 Å². The SMILES string of the molecule is C1=NC=NCC1(c1ccccc1)N1CCN(c2ccncc2)CC1. The van der Waals surface area contributed by atoms with Crippen LogP contribution in [0, 0.1) is 0 Å². The molecule has 0 amide bonds. The van der Waals surface area contributed by atoms with Crippen LogP contribution in [0.5, 0.6) is 0 Å². The van der Waals surface area contributed by atoms with Crippen LogP contribution in [0.25, 0.3) is 0 Å². The minimum Gasteiger partial charge on any atom is -0.369 e. The Morgan fingerprint density at radius 3 is 2.29 bits per heavy atom. The van der Waals surface area contributed by atoms with Crippen molar-refractivity contribution in [2.75, 3.05) is 37.6 Å². The average Bonchev–Trinajstić information content (AvgIpc) is 2.70. The molecular formula is C19H21N5. The van der Waals surface area contributed by atoms with Crippen molar-refractivity contribution in [2.24, 2.45) is 9.98 Å². The fourth-order valence-corrected chi connectivity index (χ4v) is 3.60. The van der Waals surface area contributed by atoms with Crippen molar-refractivity contribution in [1.29, 1.82) is 0 Å². The summed E-state index contributed by atoms with van der Waals surface area (Å²) in [5.74, 6) is 0. The van der Waals surface area contributed by atoms with E-state index < -0.39 is 0 Å². The lowest BCUT2D eigenvalue weighted by Crippen LogP contribution is -2.58. The number of benzene rings is 1. The fraction of sp³-hybridized carbons (Fsp3) is 0.316. The second-order valence-corrected chi connectivity index (χ2v) is 6.20. The molecule has 0 bridgehead atoms. The Morgan fingerprint density at radius 2 is 1.62 bits per heavy atom. The first-order valence-electron chi connectivity index (χ1n) is 8.37. The van der Waals surface area contributed by atoms with E-state index in [-0.39, 0.29) is 5.54 Å². The molecule has 0 saturated carbocycles. The van der Waals surface area contributed by atoms with Crippen LogP contribution in [0.4, 0.5) is 5.69 Å². The van der Waals surface area contributed by atoms with Crippen LogP contribution < -0.4 is 4.90 Å². The largest absolute Gasteiger partial charge is 0.369 e. The molecular weight excluding hydrogens is 298 g/mol. The van der Waals surface area contributed by atoms with Gasteiger partial charge in [-0.2, -0.15) is 0 Å². The minimum atomic E-state index is -0.222. The van der Waals surface area contributed by atoms with Crippen molar-refractivity contribution in [2.45, 2.75) is 5.54 Å². The first-order chi connectivity index (χ1) is 11.9. The van der Waals surface area contributed by atoms with Gasteiger partial charge in [0.2, 0.25) is 0 Å². The third-order valence-corrected chi connectivity index (χ3v) is 4.91. The van der Waals surface area contributed by atoms with Gasteiger partial charge in [0, 0.05) is 50.5 Å². The Balaban J connectivity index is 1.56. The van der Waals surface area contributed by atoms with Crippen LogP contribution in [0.15, 0.2) is 64.8 Å². The van der Waals surface area contributed by atoms with Gasteiger partial charge < -0.3 is 4.90 Å². The van der Waals surface area contributed by atoms with Crippen molar-refractivity contribution in [3.8, 4) is 0 Å². The van der Waals surface area contributed by atoms with Gasteiger partial charge in [-0.15, -0.1) is 0 Å². The molecule has 2 aliphatic rings. The molecule has 1 aromatic heterocycles. The molecule has 3 heterocycles. The number of nitrogens with zero attached hydrogens (tertiary/aromatic N) is 5. The predicted molar refractivity (Wildman–Crippen MR) is 98.0 cm³/mol. The van der Waals surface area contributed by atoms with Gasteiger partial charge in [-0.05, 0) is 17.7 Å².